The van der Waals surface area contributed by atoms with Gasteiger partial charge in [-0.15, -0.1) is 0 Å². The fourth-order valence-corrected chi connectivity index (χ4v) is 3.56. The molecule has 3 heterocycles. The van der Waals surface area contributed by atoms with Crippen LogP contribution in [0.1, 0.15) is 17.9 Å². The van der Waals surface area contributed by atoms with Crippen molar-refractivity contribution in [3.05, 3.63) is 17.7 Å². The lowest BCUT2D eigenvalue weighted by molar-refractivity contribution is -0.122. The molecule has 0 radical (unpaired) electrons. The summed E-state index contributed by atoms with van der Waals surface area (Å²) in [6, 6.07) is 0. The number of hydrogen-bond donors (Lipinski definition) is 2. The fraction of sp³-hybridized carbons (Fsp3) is 0.643. The number of nitrogens with one attached hydrogen (secondary N) is 2. The zero-order valence-electron chi connectivity index (χ0n) is 12.6. The first-order chi connectivity index (χ1) is 10.8. The van der Waals surface area contributed by atoms with E-state index < -0.39 is 0 Å². The van der Waals surface area contributed by atoms with Gasteiger partial charge in [0, 0.05) is 25.4 Å². The number of aromatic nitrogens is 2. The van der Waals surface area contributed by atoms with Crippen LogP contribution in [0.4, 0.5) is 0 Å². The van der Waals surface area contributed by atoms with Crippen molar-refractivity contribution < 1.29 is 4.79 Å². The van der Waals surface area contributed by atoms with Gasteiger partial charge in [0.25, 0.3) is 5.91 Å². The van der Waals surface area contributed by atoms with Crippen molar-refractivity contribution in [2.45, 2.75) is 18.7 Å². The molecule has 0 spiro atoms. The minimum Gasteiger partial charge on any atom is -0.326 e. The van der Waals surface area contributed by atoms with E-state index in [-0.39, 0.29) is 5.91 Å². The molecule has 1 aromatic rings. The summed E-state index contributed by atoms with van der Waals surface area (Å²) < 4.78 is 2.16. The summed E-state index contributed by atoms with van der Waals surface area (Å²) >= 11 is 1.89. The normalized spacial score (nSPS) is 19.8. The Bertz CT molecular complexity index is 535. The Hall–Kier alpha value is -1.38. The van der Waals surface area contributed by atoms with Crippen LogP contribution in [0.3, 0.4) is 0 Å². The highest BCUT2D eigenvalue weighted by Crippen LogP contribution is 2.18. The van der Waals surface area contributed by atoms with Gasteiger partial charge in [-0.25, -0.2) is 10.4 Å². The Morgan fingerprint density at radius 2 is 2.41 bits per heavy atom. The van der Waals surface area contributed by atoms with E-state index in [1.165, 1.54) is 0 Å². The molecule has 2 aliphatic rings. The minimum atomic E-state index is -0.0629. The molecule has 0 atom stereocenters. The number of carbonyl (C=O) groups excluding carboxylic acids is 1. The lowest BCUT2D eigenvalue weighted by Crippen LogP contribution is -2.37. The third-order valence-electron chi connectivity index (χ3n) is 3.85. The second kappa shape index (κ2) is 7.75. The molecule has 1 fully saturated rings. The van der Waals surface area contributed by atoms with Crippen LogP contribution in [-0.4, -0.2) is 65.0 Å². The summed E-state index contributed by atoms with van der Waals surface area (Å²) in [7, 11) is 0. The van der Waals surface area contributed by atoms with Crippen molar-refractivity contribution in [2.24, 2.45) is 5.10 Å². The highest BCUT2D eigenvalue weighted by molar-refractivity contribution is 7.98. The lowest BCUT2D eigenvalue weighted by Gasteiger charge is -2.17. The quantitative estimate of drug-likeness (QED) is 0.597. The maximum Gasteiger partial charge on any atom is 0.254 e. The van der Waals surface area contributed by atoms with Gasteiger partial charge in [0.05, 0.1) is 30.4 Å². The van der Waals surface area contributed by atoms with Gasteiger partial charge in [-0.1, -0.05) is 0 Å². The van der Waals surface area contributed by atoms with Crippen LogP contribution in [0.25, 0.3) is 0 Å². The highest BCUT2D eigenvalue weighted by Gasteiger charge is 2.14. The molecule has 1 saturated heterocycles. The molecule has 2 N–H and O–H groups in total. The zero-order valence-corrected chi connectivity index (χ0v) is 13.4. The van der Waals surface area contributed by atoms with Crippen molar-refractivity contribution >= 4 is 23.9 Å². The molecule has 120 valence electrons. The third kappa shape index (κ3) is 4.08. The summed E-state index contributed by atoms with van der Waals surface area (Å²) in [6.45, 7) is 5.19. The van der Waals surface area contributed by atoms with Gasteiger partial charge in [-0.2, -0.15) is 16.9 Å². The van der Waals surface area contributed by atoms with Crippen molar-refractivity contribution in [2.75, 3.05) is 38.5 Å². The van der Waals surface area contributed by atoms with Gasteiger partial charge in [0.1, 0.15) is 5.82 Å². The monoisotopic (exact) mass is 322 g/mol. The van der Waals surface area contributed by atoms with Crippen LogP contribution in [0.5, 0.6) is 0 Å². The molecule has 22 heavy (non-hydrogen) atoms. The lowest BCUT2D eigenvalue weighted by atomic mass is 10.4. The second-order valence-corrected chi connectivity index (χ2v) is 6.58. The van der Waals surface area contributed by atoms with Gasteiger partial charge in [0.2, 0.25) is 0 Å². The minimum absolute atomic E-state index is 0.0629. The van der Waals surface area contributed by atoms with E-state index in [0.717, 1.165) is 62.2 Å². The van der Waals surface area contributed by atoms with Crippen molar-refractivity contribution in [3.8, 4) is 0 Å². The second-order valence-electron chi connectivity index (χ2n) is 5.48. The van der Waals surface area contributed by atoms with Crippen LogP contribution in [-0.2, 0) is 17.1 Å². The molecule has 0 bridgehead atoms. The summed E-state index contributed by atoms with van der Waals surface area (Å²) in [5, 5.41) is 7.40. The summed E-state index contributed by atoms with van der Waals surface area (Å²) in [4.78, 5) is 18.5. The molecule has 8 heteroatoms. The van der Waals surface area contributed by atoms with E-state index in [1.54, 1.807) is 6.21 Å². The number of carbonyl (C=O) groups is 1. The maximum atomic E-state index is 11.9. The summed E-state index contributed by atoms with van der Waals surface area (Å²) in [5.41, 5.74) is 3.57. The molecule has 1 amide bonds. The molecule has 0 unspecified atom stereocenters. The first kappa shape index (κ1) is 15.5. The number of hydrogen-bond acceptors (Lipinski definition) is 6. The van der Waals surface area contributed by atoms with E-state index >= 15 is 0 Å². The first-order valence-corrected chi connectivity index (χ1v) is 8.85. The Balaban J connectivity index is 1.49. The number of hydrazone groups is 1. The molecule has 0 saturated carbocycles. The highest BCUT2D eigenvalue weighted by atomic mass is 32.2. The maximum absolute atomic E-state index is 11.9. The van der Waals surface area contributed by atoms with Gasteiger partial charge >= 0.3 is 0 Å². The number of amides is 1. The van der Waals surface area contributed by atoms with Crippen LogP contribution in [0.15, 0.2) is 11.3 Å². The van der Waals surface area contributed by atoms with Crippen LogP contribution >= 0.6 is 11.8 Å². The average Bonchev–Trinajstić information content (AvgIpc) is 2.76. The Morgan fingerprint density at radius 1 is 1.45 bits per heavy atom. The number of rotatable bonds is 4. The summed E-state index contributed by atoms with van der Waals surface area (Å²) in [5.74, 6) is 3.07. The predicted octanol–water partition coefficient (Wildman–Crippen LogP) is -0.125. The SMILES string of the molecule is O=C(CN1CCCNCC1)NN=Cc1cnc2n1CCSC2. The van der Waals surface area contributed by atoms with Crippen molar-refractivity contribution in [1.82, 2.24) is 25.2 Å². The molecule has 3 rings (SSSR count). The first-order valence-electron chi connectivity index (χ1n) is 7.70. The topological polar surface area (TPSA) is 74.6 Å². The fourth-order valence-electron chi connectivity index (χ4n) is 2.69. The standard InChI is InChI=1S/C14H22N6OS/c21-14(10-19-4-1-2-15-3-5-19)18-17-9-12-8-16-13-11-22-7-6-20(12)13/h8-9,15H,1-7,10-11H2,(H,18,21). The van der Waals surface area contributed by atoms with Crippen molar-refractivity contribution in [3.63, 3.8) is 0 Å². The third-order valence-corrected chi connectivity index (χ3v) is 4.78. The number of thioether (sulfide) groups is 1. The smallest absolute Gasteiger partial charge is 0.254 e. The summed E-state index contributed by atoms with van der Waals surface area (Å²) in [6.07, 6.45) is 4.59. The Morgan fingerprint density at radius 3 is 3.36 bits per heavy atom. The number of fused-ring (bicyclic) bond motifs is 1. The van der Waals surface area contributed by atoms with Gasteiger partial charge in [-0.3, -0.25) is 9.69 Å². The van der Waals surface area contributed by atoms with E-state index in [9.17, 15) is 4.79 Å². The molecular formula is C14H22N6OS. The van der Waals surface area contributed by atoms with Crippen LogP contribution in [0.2, 0.25) is 0 Å². The van der Waals surface area contributed by atoms with Crippen LogP contribution in [0, 0.1) is 0 Å². The molecule has 1 aromatic heterocycles. The van der Waals surface area contributed by atoms with Gasteiger partial charge < -0.3 is 9.88 Å². The number of imidazole rings is 1. The van der Waals surface area contributed by atoms with Crippen molar-refractivity contribution in [1.29, 1.82) is 0 Å². The van der Waals surface area contributed by atoms with E-state index in [0.29, 0.717) is 6.54 Å². The van der Waals surface area contributed by atoms with Gasteiger partial charge in [-0.05, 0) is 19.5 Å². The van der Waals surface area contributed by atoms with E-state index in [4.69, 9.17) is 0 Å². The molecule has 2 aliphatic heterocycles. The average molecular weight is 322 g/mol. The predicted molar refractivity (Wildman–Crippen MR) is 88.1 cm³/mol. The molecular weight excluding hydrogens is 300 g/mol. The van der Waals surface area contributed by atoms with E-state index in [2.05, 4.69) is 30.3 Å². The largest absolute Gasteiger partial charge is 0.326 e. The Kier molecular flexibility index (Phi) is 5.47. The molecule has 0 aromatic carbocycles. The van der Waals surface area contributed by atoms with E-state index in [1.807, 2.05) is 18.0 Å². The molecule has 7 nitrogen and oxygen atoms in total. The number of nitrogens with zero attached hydrogens (tertiary/aromatic N) is 4. The Labute approximate surface area is 134 Å². The molecule has 0 aliphatic carbocycles. The van der Waals surface area contributed by atoms with Gasteiger partial charge in [0.15, 0.2) is 0 Å². The van der Waals surface area contributed by atoms with Crippen LogP contribution < -0.4 is 10.7 Å². The zero-order chi connectivity index (χ0) is 15.2.